The second-order valence-electron chi connectivity index (χ2n) is 5.76. The number of hydrogen-bond donors (Lipinski definition) is 6. The van der Waals surface area contributed by atoms with Gasteiger partial charge in [-0.25, -0.2) is 0 Å². The highest BCUT2D eigenvalue weighted by molar-refractivity contribution is 5.04. The Bertz CT molecular complexity index is 421. The fourth-order valence-electron chi connectivity index (χ4n) is 2.84. The van der Waals surface area contributed by atoms with Crippen LogP contribution in [-0.2, 0) is 18.9 Å². The molecule has 3 fully saturated rings. The van der Waals surface area contributed by atoms with E-state index in [1.165, 1.54) is 6.92 Å². The Morgan fingerprint density at radius 3 is 2.27 bits per heavy atom. The van der Waals surface area contributed by atoms with E-state index in [1.54, 1.807) is 0 Å². The molecule has 10 heteroatoms. The van der Waals surface area contributed by atoms with Crippen LogP contribution in [0, 0.1) is 0 Å². The van der Waals surface area contributed by atoms with Crippen LogP contribution in [0.4, 0.5) is 0 Å². The summed E-state index contributed by atoms with van der Waals surface area (Å²) in [4.78, 5) is 0. The van der Waals surface area contributed by atoms with Gasteiger partial charge in [0.1, 0.15) is 36.6 Å². The number of fused-ring (bicyclic) bond motifs is 1. The second kappa shape index (κ2) is 5.60. The minimum atomic E-state index is -1.74. The van der Waals surface area contributed by atoms with Crippen molar-refractivity contribution in [3.63, 3.8) is 0 Å². The summed E-state index contributed by atoms with van der Waals surface area (Å²) < 4.78 is 21.0. The number of ether oxygens (including phenoxy) is 4. The van der Waals surface area contributed by atoms with E-state index in [-0.39, 0.29) is 0 Å². The van der Waals surface area contributed by atoms with E-state index < -0.39 is 67.7 Å². The smallest absolute Gasteiger partial charge is 0.315 e. The van der Waals surface area contributed by atoms with Crippen molar-refractivity contribution in [1.82, 2.24) is 0 Å². The molecule has 6 N–H and O–H groups in total. The van der Waals surface area contributed by atoms with Gasteiger partial charge in [0.25, 0.3) is 0 Å². The predicted octanol–water partition coefficient (Wildman–Crippen LogP) is -4.00. The molecule has 0 aromatic rings. The first-order valence-electron chi connectivity index (χ1n) is 7.01. The number of rotatable bonds is 3. The lowest BCUT2D eigenvalue weighted by Gasteiger charge is -2.41. The van der Waals surface area contributed by atoms with E-state index in [9.17, 15) is 25.5 Å². The van der Waals surface area contributed by atoms with Crippen LogP contribution in [-0.4, -0.2) is 98.3 Å². The third-order valence-corrected chi connectivity index (χ3v) is 4.21. The summed E-state index contributed by atoms with van der Waals surface area (Å²) in [6.07, 6.45) is -11.3. The fraction of sp³-hybridized carbons (Fsp3) is 1.00. The molecule has 22 heavy (non-hydrogen) atoms. The van der Waals surface area contributed by atoms with Gasteiger partial charge in [0, 0.05) is 0 Å². The zero-order valence-electron chi connectivity index (χ0n) is 11.7. The molecule has 3 saturated heterocycles. The number of hydrogen-bond acceptors (Lipinski definition) is 10. The van der Waals surface area contributed by atoms with Crippen LogP contribution in [0.25, 0.3) is 0 Å². The van der Waals surface area contributed by atoms with E-state index in [4.69, 9.17) is 24.1 Å². The maximum Gasteiger partial charge on any atom is 0.315 e. The van der Waals surface area contributed by atoms with Crippen molar-refractivity contribution in [2.24, 2.45) is 0 Å². The zero-order valence-corrected chi connectivity index (χ0v) is 11.7. The van der Waals surface area contributed by atoms with Gasteiger partial charge in [-0.2, -0.15) is 0 Å². The summed E-state index contributed by atoms with van der Waals surface area (Å²) >= 11 is 0. The number of epoxide rings is 1. The summed E-state index contributed by atoms with van der Waals surface area (Å²) in [5.41, 5.74) is 0. The SMILES string of the molecule is CC1OC(O)C(O)C(O)C1OC12OC(CO)C(O)C(O)C1O2. The maximum atomic E-state index is 10.00. The van der Waals surface area contributed by atoms with Crippen molar-refractivity contribution < 1.29 is 49.6 Å². The predicted molar refractivity (Wildman–Crippen MR) is 65.0 cm³/mol. The van der Waals surface area contributed by atoms with Gasteiger partial charge in [0.15, 0.2) is 12.4 Å². The lowest BCUT2D eigenvalue weighted by atomic mass is 9.98. The number of aliphatic hydroxyl groups is 6. The van der Waals surface area contributed by atoms with Gasteiger partial charge in [-0.15, -0.1) is 0 Å². The Hall–Kier alpha value is -0.400. The molecule has 0 radical (unpaired) electrons. The third kappa shape index (κ3) is 2.45. The van der Waals surface area contributed by atoms with Crippen LogP contribution in [0.2, 0.25) is 0 Å². The fourth-order valence-corrected chi connectivity index (χ4v) is 2.84. The summed E-state index contributed by atoms with van der Waals surface area (Å²) in [6, 6.07) is 0. The topological polar surface area (TPSA) is 162 Å². The van der Waals surface area contributed by atoms with Crippen LogP contribution in [0.1, 0.15) is 6.92 Å². The summed E-state index contributed by atoms with van der Waals surface area (Å²) in [5, 5.41) is 57.8. The Morgan fingerprint density at radius 2 is 1.64 bits per heavy atom. The Labute approximate surface area is 125 Å². The highest BCUT2D eigenvalue weighted by Crippen LogP contribution is 2.49. The first kappa shape index (κ1) is 16.5. The van der Waals surface area contributed by atoms with Crippen LogP contribution in [0.15, 0.2) is 0 Å². The van der Waals surface area contributed by atoms with Gasteiger partial charge in [-0.05, 0) is 6.92 Å². The van der Waals surface area contributed by atoms with Gasteiger partial charge < -0.3 is 49.6 Å². The molecule has 128 valence electrons. The van der Waals surface area contributed by atoms with E-state index in [2.05, 4.69) is 0 Å². The second-order valence-corrected chi connectivity index (χ2v) is 5.76. The molecule has 0 aliphatic carbocycles. The molecule has 0 spiro atoms. The Balaban J connectivity index is 1.73. The maximum absolute atomic E-state index is 10.00. The average Bonchev–Trinajstić information content (AvgIpc) is 3.20. The molecule has 3 heterocycles. The Kier molecular flexibility index (Phi) is 4.19. The molecule has 3 aliphatic heterocycles. The van der Waals surface area contributed by atoms with E-state index in [0.717, 1.165) is 0 Å². The molecule has 0 bridgehead atoms. The highest BCUT2D eigenvalue weighted by atomic mass is 17.0. The van der Waals surface area contributed by atoms with Crippen molar-refractivity contribution in [2.45, 2.75) is 68.0 Å². The van der Waals surface area contributed by atoms with Crippen molar-refractivity contribution in [3.05, 3.63) is 0 Å². The van der Waals surface area contributed by atoms with E-state index in [0.29, 0.717) is 0 Å². The molecule has 10 unspecified atom stereocenters. The van der Waals surface area contributed by atoms with Crippen molar-refractivity contribution in [3.8, 4) is 0 Å². The van der Waals surface area contributed by atoms with Crippen molar-refractivity contribution in [2.75, 3.05) is 6.61 Å². The minimum Gasteiger partial charge on any atom is -0.394 e. The molecule has 0 amide bonds. The monoisotopic (exact) mass is 324 g/mol. The minimum absolute atomic E-state index is 0.569. The molecule has 3 rings (SSSR count). The van der Waals surface area contributed by atoms with Crippen molar-refractivity contribution in [1.29, 1.82) is 0 Å². The molecule has 10 nitrogen and oxygen atoms in total. The molecule has 0 aromatic heterocycles. The third-order valence-electron chi connectivity index (χ3n) is 4.21. The average molecular weight is 324 g/mol. The van der Waals surface area contributed by atoms with Gasteiger partial charge in [0.2, 0.25) is 0 Å². The van der Waals surface area contributed by atoms with Gasteiger partial charge >= 0.3 is 5.97 Å². The van der Waals surface area contributed by atoms with Crippen LogP contribution < -0.4 is 0 Å². The van der Waals surface area contributed by atoms with Crippen LogP contribution in [0.3, 0.4) is 0 Å². The van der Waals surface area contributed by atoms with Crippen LogP contribution >= 0.6 is 0 Å². The first-order chi connectivity index (χ1) is 10.3. The first-order valence-corrected chi connectivity index (χ1v) is 7.01. The van der Waals surface area contributed by atoms with E-state index >= 15 is 0 Å². The van der Waals surface area contributed by atoms with Crippen molar-refractivity contribution >= 4 is 0 Å². The highest BCUT2D eigenvalue weighted by Gasteiger charge is 2.71. The molecule has 0 saturated carbocycles. The van der Waals surface area contributed by atoms with Gasteiger partial charge in [-0.3, -0.25) is 0 Å². The summed E-state index contributed by atoms with van der Waals surface area (Å²) in [7, 11) is 0. The largest absolute Gasteiger partial charge is 0.394 e. The normalized spacial score (nSPS) is 58.2. The molecule has 10 atom stereocenters. The van der Waals surface area contributed by atoms with E-state index in [1.807, 2.05) is 0 Å². The molecule has 3 aliphatic rings. The molecular formula is C12H20O10. The standard InChI is InChI=1S/C12H20O10/c1-3-9(6(15)8(17)11(18)19-3)21-12-10(22-12)7(16)5(14)4(2-13)20-12/h3-11,13-18H,2H2,1H3. The van der Waals surface area contributed by atoms with Gasteiger partial charge in [-0.1, -0.05) is 0 Å². The summed E-state index contributed by atoms with van der Waals surface area (Å²) in [6.45, 7) is 0.939. The van der Waals surface area contributed by atoms with Crippen LogP contribution in [0.5, 0.6) is 0 Å². The molecular weight excluding hydrogens is 304 g/mol. The Morgan fingerprint density at radius 1 is 0.955 bits per heavy atom. The lowest BCUT2D eigenvalue weighted by Crippen LogP contribution is -2.61. The quantitative estimate of drug-likeness (QED) is 0.282. The number of aliphatic hydroxyl groups excluding tert-OH is 6. The van der Waals surface area contributed by atoms with Gasteiger partial charge in [0.05, 0.1) is 12.7 Å². The molecule has 0 aromatic carbocycles. The summed E-state index contributed by atoms with van der Waals surface area (Å²) in [5.74, 6) is -1.74. The lowest BCUT2D eigenvalue weighted by molar-refractivity contribution is -0.353. The zero-order chi connectivity index (χ0) is 16.2.